The Kier molecular flexibility index (Phi) is 7.03. The highest BCUT2D eigenvalue weighted by Gasteiger charge is 2.44. The Morgan fingerprint density at radius 2 is 2.03 bits per heavy atom. The zero-order valence-corrected chi connectivity index (χ0v) is 21.0. The van der Waals surface area contributed by atoms with E-state index in [0.717, 1.165) is 62.6 Å². The molecule has 1 unspecified atom stereocenters. The molecule has 5 nitrogen and oxygen atoms in total. The molecule has 3 heterocycles. The minimum Gasteiger partial charge on any atom is -0.362 e. The van der Waals surface area contributed by atoms with Crippen molar-refractivity contribution in [3.8, 4) is 0 Å². The molecule has 0 bridgehead atoms. The average molecular weight is 456 g/mol. The van der Waals surface area contributed by atoms with Crippen LogP contribution in [0.3, 0.4) is 0 Å². The highest BCUT2D eigenvalue weighted by Crippen LogP contribution is 2.39. The van der Waals surface area contributed by atoms with Crippen LogP contribution in [0.15, 0.2) is 24.4 Å². The Morgan fingerprint density at radius 1 is 1.28 bits per heavy atom. The van der Waals surface area contributed by atoms with Gasteiger partial charge in [-0.05, 0) is 68.8 Å². The molecule has 0 saturated carbocycles. The molecule has 0 radical (unpaired) electrons. The first-order chi connectivity index (χ1) is 15.3. The van der Waals surface area contributed by atoms with Crippen molar-refractivity contribution in [2.24, 2.45) is 5.92 Å². The lowest BCUT2D eigenvalue weighted by Crippen LogP contribution is -2.58. The summed E-state index contributed by atoms with van der Waals surface area (Å²) in [7, 11) is 0. The van der Waals surface area contributed by atoms with Crippen molar-refractivity contribution in [1.82, 2.24) is 14.8 Å². The van der Waals surface area contributed by atoms with Gasteiger partial charge >= 0.3 is 0 Å². The summed E-state index contributed by atoms with van der Waals surface area (Å²) in [6.45, 7) is 15.2. The molecular formula is C26H37N3O2S. The molecule has 2 aromatic rings. The van der Waals surface area contributed by atoms with Gasteiger partial charge in [0.2, 0.25) is 0 Å². The fourth-order valence-electron chi connectivity index (χ4n) is 5.05. The molecule has 2 aliphatic rings. The van der Waals surface area contributed by atoms with Gasteiger partial charge in [0.05, 0.1) is 5.60 Å². The molecule has 1 aromatic heterocycles. The molecule has 174 valence electrons. The van der Waals surface area contributed by atoms with E-state index in [2.05, 4.69) is 56.6 Å². The number of carbonyl (C=O) groups excluding carboxylic acids is 1. The number of ether oxygens (including phenoxy) is 1. The summed E-state index contributed by atoms with van der Waals surface area (Å²) in [6.07, 6.45) is 4.77. The third-order valence-electron chi connectivity index (χ3n) is 6.87. The van der Waals surface area contributed by atoms with E-state index in [0.29, 0.717) is 5.92 Å². The summed E-state index contributed by atoms with van der Waals surface area (Å²) in [4.78, 5) is 23.6. The van der Waals surface area contributed by atoms with E-state index in [-0.39, 0.29) is 17.6 Å². The Bertz CT molecular complexity index is 946. The van der Waals surface area contributed by atoms with Gasteiger partial charge in [-0.25, -0.2) is 4.98 Å². The Hall–Kier alpha value is -1.76. The number of aryl methyl sites for hydroxylation is 2. The van der Waals surface area contributed by atoms with Gasteiger partial charge in [-0.15, -0.1) is 11.3 Å². The van der Waals surface area contributed by atoms with Crippen molar-refractivity contribution < 1.29 is 9.53 Å². The molecule has 0 N–H and O–H groups in total. The van der Waals surface area contributed by atoms with Gasteiger partial charge in [0.1, 0.15) is 11.1 Å². The lowest BCUT2D eigenvalue weighted by molar-refractivity contribution is -0.175. The van der Waals surface area contributed by atoms with E-state index in [9.17, 15) is 4.79 Å². The average Bonchev–Trinajstić information content (AvgIpc) is 3.21. The first kappa shape index (κ1) is 23.4. The normalized spacial score (nSPS) is 21.4. The minimum atomic E-state index is -0.188. The van der Waals surface area contributed by atoms with Crippen molar-refractivity contribution in [3.63, 3.8) is 0 Å². The number of carbonyl (C=O) groups is 1. The van der Waals surface area contributed by atoms with Crippen LogP contribution in [0.1, 0.15) is 71.1 Å². The van der Waals surface area contributed by atoms with E-state index in [4.69, 9.17) is 4.74 Å². The summed E-state index contributed by atoms with van der Waals surface area (Å²) < 4.78 is 6.72. The molecule has 2 aliphatic heterocycles. The zero-order valence-electron chi connectivity index (χ0n) is 20.2. The van der Waals surface area contributed by atoms with Crippen molar-refractivity contribution >= 4 is 17.2 Å². The number of hydrogen-bond donors (Lipinski definition) is 0. The number of thiazole rings is 1. The van der Waals surface area contributed by atoms with E-state index in [1.165, 1.54) is 16.0 Å². The van der Waals surface area contributed by atoms with Crippen molar-refractivity contribution in [2.45, 2.75) is 65.6 Å². The van der Waals surface area contributed by atoms with Crippen LogP contribution in [0.5, 0.6) is 0 Å². The number of nitrogens with zero attached hydrogens (tertiary/aromatic N) is 3. The van der Waals surface area contributed by atoms with Gasteiger partial charge in [-0.2, -0.15) is 0 Å². The van der Waals surface area contributed by atoms with Crippen LogP contribution in [0.25, 0.3) is 0 Å². The van der Waals surface area contributed by atoms with Crippen LogP contribution < -0.4 is 0 Å². The van der Waals surface area contributed by atoms with Crippen LogP contribution in [-0.4, -0.2) is 59.0 Å². The summed E-state index contributed by atoms with van der Waals surface area (Å²) in [5.74, 6) is 0.762. The number of morpholine rings is 1. The van der Waals surface area contributed by atoms with Crippen LogP contribution in [0, 0.1) is 19.8 Å². The Morgan fingerprint density at radius 3 is 2.62 bits per heavy atom. The van der Waals surface area contributed by atoms with Gasteiger partial charge in [0.25, 0.3) is 5.91 Å². The minimum absolute atomic E-state index is 0.0285. The van der Waals surface area contributed by atoms with E-state index >= 15 is 0 Å². The molecule has 0 aliphatic carbocycles. The number of rotatable bonds is 5. The second-order valence-corrected chi connectivity index (χ2v) is 11.2. The van der Waals surface area contributed by atoms with E-state index in [1.807, 2.05) is 17.2 Å². The predicted molar refractivity (Wildman–Crippen MR) is 130 cm³/mol. The number of amides is 1. The van der Waals surface area contributed by atoms with Gasteiger partial charge < -0.3 is 9.64 Å². The third-order valence-corrected chi connectivity index (χ3v) is 7.87. The van der Waals surface area contributed by atoms with Crippen LogP contribution in [0.2, 0.25) is 0 Å². The number of hydrogen-bond acceptors (Lipinski definition) is 5. The van der Waals surface area contributed by atoms with Crippen LogP contribution in [-0.2, 0) is 11.2 Å². The number of aromatic nitrogens is 1. The fourth-order valence-corrected chi connectivity index (χ4v) is 5.84. The smallest absolute Gasteiger partial charge is 0.253 e. The molecule has 1 aromatic carbocycles. The molecule has 32 heavy (non-hydrogen) atoms. The summed E-state index contributed by atoms with van der Waals surface area (Å²) in [5, 5.41) is 1.08. The highest BCUT2D eigenvalue weighted by atomic mass is 32.1. The largest absolute Gasteiger partial charge is 0.362 e. The molecule has 1 amide bonds. The van der Waals surface area contributed by atoms with Gasteiger partial charge in [0.15, 0.2) is 0 Å². The lowest BCUT2D eigenvalue weighted by atomic mass is 9.88. The number of piperidine rings is 1. The second kappa shape index (κ2) is 9.62. The topological polar surface area (TPSA) is 45.7 Å². The maximum absolute atomic E-state index is 13.2. The quantitative estimate of drug-likeness (QED) is 0.635. The molecule has 4 rings (SSSR count). The van der Waals surface area contributed by atoms with Gasteiger partial charge in [-0.3, -0.25) is 9.69 Å². The van der Waals surface area contributed by atoms with Crippen LogP contribution >= 0.6 is 11.3 Å². The molecule has 2 fully saturated rings. The SMILES string of the molecule is CCN1CC(c2ncc(C)s2)OC2(CCN(C(=O)c3ccc(CC(C)C)c(C)c3)CC2)C1. The van der Waals surface area contributed by atoms with E-state index in [1.54, 1.807) is 11.3 Å². The molecule has 1 atom stereocenters. The number of benzene rings is 1. The predicted octanol–water partition coefficient (Wildman–Crippen LogP) is 5.03. The molecule has 1 spiro atoms. The molecular weight excluding hydrogens is 418 g/mol. The summed E-state index contributed by atoms with van der Waals surface area (Å²) >= 11 is 1.74. The monoisotopic (exact) mass is 455 g/mol. The maximum Gasteiger partial charge on any atom is 0.253 e. The van der Waals surface area contributed by atoms with Gasteiger partial charge in [0, 0.05) is 42.8 Å². The molecule has 6 heteroatoms. The first-order valence-electron chi connectivity index (χ1n) is 12.0. The molecule has 2 saturated heterocycles. The van der Waals surface area contributed by atoms with Gasteiger partial charge in [-0.1, -0.05) is 26.8 Å². The third kappa shape index (κ3) is 5.08. The highest BCUT2D eigenvalue weighted by molar-refractivity contribution is 7.11. The second-order valence-electron chi connectivity index (χ2n) is 9.96. The Balaban J connectivity index is 1.43. The van der Waals surface area contributed by atoms with Crippen molar-refractivity contribution in [2.75, 3.05) is 32.7 Å². The van der Waals surface area contributed by atoms with Crippen molar-refractivity contribution in [3.05, 3.63) is 51.0 Å². The summed E-state index contributed by atoms with van der Waals surface area (Å²) in [6, 6.07) is 6.22. The standard InChI is InChI=1S/C26H37N3O2S/c1-6-28-16-23(24-27-15-20(5)32-24)31-26(17-28)9-11-29(12-10-26)25(30)22-8-7-21(13-18(2)3)19(4)14-22/h7-8,14-15,18,23H,6,9-13,16-17H2,1-5H3. The first-order valence-corrected chi connectivity index (χ1v) is 12.8. The maximum atomic E-state index is 13.2. The Labute approximate surface area is 196 Å². The lowest BCUT2D eigenvalue weighted by Gasteiger charge is -2.49. The van der Waals surface area contributed by atoms with E-state index < -0.39 is 0 Å². The summed E-state index contributed by atoms with van der Waals surface area (Å²) in [5.41, 5.74) is 3.18. The number of likely N-dealkylation sites (N-methyl/N-ethyl adjacent to an activating group) is 1. The van der Waals surface area contributed by atoms with Crippen LogP contribution in [0.4, 0.5) is 0 Å². The fraction of sp³-hybridized carbons (Fsp3) is 0.615. The number of likely N-dealkylation sites (tertiary alicyclic amines) is 1. The zero-order chi connectivity index (χ0) is 22.9. The van der Waals surface area contributed by atoms with Crippen molar-refractivity contribution in [1.29, 1.82) is 0 Å².